The number of rotatable bonds is 3. The highest BCUT2D eigenvalue weighted by Crippen LogP contribution is 2.46. The van der Waals surface area contributed by atoms with Gasteiger partial charge in [-0.3, -0.25) is 0 Å². The van der Waals surface area contributed by atoms with Crippen LogP contribution in [-0.4, -0.2) is 55.5 Å². The Morgan fingerprint density at radius 2 is 1.93 bits per heavy atom. The molecule has 2 unspecified atom stereocenters. The maximum atomic E-state index is 12.3. The van der Waals surface area contributed by atoms with Crippen molar-refractivity contribution in [1.29, 1.82) is 0 Å². The first kappa shape index (κ1) is 20.3. The predicted octanol–water partition coefficient (Wildman–Crippen LogP) is 4.18. The Morgan fingerprint density at radius 1 is 1.10 bits per heavy atom. The number of carbonyl (C=O) groups is 1. The number of fused-ring (bicyclic) bond motifs is 2. The fourth-order valence-corrected chi connectivity index (χ4v) is 6.36. The van der Waals surface area contributed by atoms with Gasteiger partial charge in [0.05, 0.1) is 13.2 Å². The Kier molecular flexibility index (Phi) is 6.01. The van der Waals surface area contributed by atoms with Gasteiger partial charge >= 0.3 is 6.09 Å². The zero-order chi connectivity index (χ0) is 20.4. The maximum Gasteiger partial charge on any atom is 0.407 e. The Hall–Kier alpha value is -1.59. The minimum atomic E-state index is -0.253. The molecule has 5 heteroatoms. The summed E-state index contributed by atoms with van der Waals surface area (Å²) in [5.41, 5.74) is 3.63. The van der Waals surface area contributed by atoms with E-state index in [2.05, 4.69) is 34.5 Å². The van der Waals surface area contributed by atoms with E-state index < -0.39 is 0 Å². The number of nitrogens with one attached hydrogen (secondary N) is 1. The van der Waals surface area contributed by atoms with E-state index in [1.54, 1.807) is 11.1 Å². The van der Waals surface area contributed by atoms with Gasteiger partial charge in [-0.05, 0) is 74.6 Å². The number of hydrogen-bond acceptors (Lipinski definition) is 4. The molecule has 1 spiro atoms. The molecule has 1 saturated carbocycles. The van der Waals surface area contributed by atoms with Gasteiger partial charge in [-0.1, -0.05) is 37.1 Å². The average Bonchev–Trinajstić information content (AvgIpc) is 3.32. The molecule has 5 rings (SSSR count). The standard InChI is InChI=1S/C25H36N2O3/c28-24(30-22-10-16-29-18-22)26-20-6-2-3-7-21(17-20)27-14-12-25(13-15-27)11-9-19-5-1-4-8-23(19)25/h1,4-5,8,20-22H,2-3,6-7,9-18H2,(H,26,28)/t20?,21?,22-/m0/s1. The van der Waals surface area contributed by atoms with E-state index in [1.807, 2.05) is 0 Å². The van der Waals surface area contributed by atoms with Crippen LogP contribution in [0.15, 0.2) is 24.3 Å². The summed E-state index contributed by atoms with van der Waals surface area (Å²) in [6.07, 6.45) is 11.5. The van der Waals surface area contributed by atoms with E-state index in [-0.39, 0.29) is 18.2 Å². The van der Waals surface area contributed by atoms with E-state index in [9.17, 15) is 4.79 Å². The molecule has 1 N–H and O–H groups in total. The van der Waals surface area contributed by atoms with Gasteiger partial charge in [-0.25, -0.2) is 4.79 Å². The Morgan fingerprint density at radius 3 is 2.77 bits per heavy atom. The van der Waals surface area contributed by atoms with Gasteiger partial charge in [-0.2, -0.15) is 0 Å². The lowest BCUT2D eigenvalue weighted by Crippen LogP contribution is -2.48. The number of nitrogens with zero attached hydrogens (tertiary/aromatic N) is 1. The van der Waals surface area contributed by atoms with Crippen LogP contribution in [-0.2, 0) is 21.3 Å². The van der Waals surface area contributed by atoms with Gasteiger partial charge in [0.15, 0.2) is 0 Å². The van der Waals surface area contributed by atoms with Gasteiger partial charge in [0.1, 0.15) is 6.10 Å². The molecule has 2 aliphatic heterocycles. The largest absolute Gasteiger partial charge is 0.444 e. The molecule has 164 valence electrons. The quantitative estimate of drug-likeness (QED) is 0.757. The van der Waals surface area contributed by atoms with E-state index in [4.69, 9.17) is 9.47 Å². The molecule has 5 nitrogen and oxygen atoms in total. The third kappa shape index (κ3) is 4.24. The van der Waals surface area contributed by atoms with Crippen molar-refractivity contribution in [3.8, 4) is 0 Å². The fourth-order valence-electron chi connectivity index (χ4n) is 6.36. The number of alkyl carbamates (subject to hydrolysis) is 1. The molecule has 1 aromatic rings. The summed E-state index contributed by atoms with van der Waals surface area (Å²) in [6.45, 7) is 3.62. The summed E-state index contributed by atoms with van der Waals surface area (Å²) in [7, 11) is 0. The SMILES string of the molecule is O=C(NC1CCCCC(N2CCC3(CCc4ccccc43)CC2)C1)O[C@H]1CCOC1. The highest BCUT2D eigenvalue weighted by molar-refractivity contribution is 5.67. The Balaban J connectivity index is 1.16. The van der Waals surface area contributed by atoms with Gasteiger partial charge in [0, 0.05) is 18.5 Å². The number of amides is 1. The first-order valence-corrected chi connectivity index (χ1v) is 12.1. The van der Waals surface area contributed by atoms with Crippen molar-refractivity contribution >= 4 is 6.09 Å². The van der Waals surface area contributed by atoms with Gasteiger partial charge < -0.3 is 19.7 Å². The molecule has 2 aliphatic carbocycles. The zero-order valence-electron chi connectivity index (χ0n) is 18.1. The molecule has 3 fully saturated rings. The summed E-state index contributed by atoms with van der Waals surface area (Å²) in [4.78, 5) is 15.1. The third-order valence-corrected chi connectivity index (χ3v) is 8.11. The minimum Gasteiger partial charge on any atom is -0.444 e. The first-order chi connectivity index (χ1) is 14.7. The van der Waals surface area contributed by atoms with Crippen LogP contribution in [0.25, 0.3) is 0 Å². The number of carbonyl (C=O) groups excluding carboxylic acids is 1. The van der Waals surface area contributed by atoms with Crippen molar-refractivity contribution in [2.75, 3.05) is 26.3 Å². The molecule has 1 aromatic carbocycles. The first-order valence-electron chi connectivity index (χ1n) is 12.1. The molecule has 0 radical (unpaired) electrons. The summed E-state index contributed by atoms with van der Waals surface area (Å²) < 4.78 is 10.9. The Bertz CT molecular complexity index is 738. The van der Waals surface area contributed by atoms with Crippen LogP contribution >= 0.6 is 0 Å². The third-order valence-electron chi connectivity index (χ3n) is 8.11. The van der Waals surface area contributed by atoms with Crippen molar-refractivity contribution in [1.82, 2.24) is 10.2 Å². The second kappa shape index (κ2) is 8.88. The molecule has 1 amide bonds. The van der Waals surface area contributed by atoms with Crippen molar-refractivity contribution in [3.63, 3.8) is 0 Å². The summed E-state index contributed by atoms with van der Waals surface area (Å²) in [6, 6.07) is 9.93. The van der Waals surface area contributed by atoms with Crippen molar-refractivity contribution < 1.29 is 14.3 Å². The van der Waals surface area contributed by atoms with Crippen LogP contribution in [0.5, 0.6) is 0 Å². The highest BCUT2D eigenvalue weighted by atomic mass is 16.6. The van der Waals surface area contributed by atoms with Crippen LogP contribution in [0.4, 0.5) is 4.79 Å². The lowest BCUT2D eigenvalue weighted by molar-refractivity contribution is 0.0763. The van der Waals surface area contributed by atoms with Gasteiger partial charge in [0.25, 0.3) is 0 Å². The summed E-state index contributed by atoms with van der Waals surface area (Å²) >= 11 is 0. The lowest BCUT2D eigenvalue weighted by atomic mass is 9.73. The topological polar surface area (TPSA) is 50.8 Å². The van der Waals surface area contributed by atoms with Crippen LogP contribution in [0.2, 0.25) is 0 Å². The molecular formula is C25H36N2O3. The minimum absolute atomic E-state index is 0.0702. The number of piperidine rings is 1. The smallest absolute Gasteiger partial charge is 0.407 e. The number of benzene rings is 1. The molecule has 2 heterocycles. The number of ether oxygens (including phenoxy) is 2. The normalized spacial score (nSPS) is 31.3. The summed E-state index contributed by atoms with van der Waals surface area (Å²) in [5, 5.41) is 3.17. The van der Waals surface area contributed by atoms with Crippen molar-refractivity contribution in [2.24, 2.45) is 0 Å². The van der Waals surface area contributed by atoms with E-state index >= 15 is 0 Å². The van der Waals surface area contributed by atoms with Crippen LogP contribution in [0, 0.1) is 0 Å². The van der Waals surface area contributed by atoms with Gasteiger partial charge in [0.2, 0.25) is 0 Å². The van der Waals surface area contributed by atoms with E-state index in [1.165, 1.54) is 58.0 Å². The number of hydrogen-bond donors (Lipinski definition) is 1. The molecule has 0 aromatic heterocycles. The molecular weight excluding hydrogens is 376 g/mol. The second-order valence-corrected chi connectivity index (χ2v) is 9.88. The Labute approximate surface area is 180 Å². The lowest BCUT2D eigenvalue weighted by Gasteiger charge is -2.43. The average molecular weight is 413 g/mol. The molecule has 2 saturated heterocycles. The molecule has 3 atom stereocenters. The molecule has 0 bridgehead atoms. The monoisotopic (exact) mass is 412 g/mol. The van der Waals surface area contributed by atoms with Crippen LogP contribution in [0.1, 0.15) is 68.9 Å². The van der Waals surface area contributed by atoms with Crippen LogP contribution < -0.4 is 5.32 Å². The van der Waals surface area contributed by atoms with E-state index in [0.717, 1.165) is 19.3 Å². The van der Waals surface area contributed by atoms with Crippen LogP contribution in [0.3, 0.4) is 0 Å². The molecule has 30 heavy (non-hydrogen) atoms. The van der Waals surface area contributed by atoms with Crippen molar-refractivity contribution in [2.45, 2.75) is 87.8 Å². The molecule has 4 aliphatic rings. The van der Waals surface area contributed by atoms with Gasteiger partial charge in [-0.15, -0.1) is 0 Å². The zero-order valence-corrected chi connectivity index (χ0v) is 18.1. The predicted molar refractivity (Wildman–Crippen MR) is 117 cm³/mol. The number of likely N-dealkylation sites (tertiary alicyclic amines) is 1. The summed E-state index contributed by atoms with van der Waals surface area (Å²) in [5.74, 6) is 0. The van der Waals surface area contributed by atoms with Crippen molar-refractivity contribution in [3.05, 3.63) is 35.4 Å². The fraction of sp³-hybridized carbons (Fsp3) is 0.720. The number of aryl methyl sites for hydroxylation is 1. The highest BCUT2D eigenvalue weighted by Gasteiger charge is 2.42. The maximum absolute atomic E-state index is 12.3. The second-order valence-electron chi connectivity index (χ2n) is 9.88. The van der Waals surface area contributed by atoms with E-state index in [0.29, 0.717) is 24.7 Å².